The number of nitriles is 1. The maximum absolute atomic E-state index is 12.2. The lowest BCUT2D eigenvalue weighted by molar-refractivity contribution is 0.102. The third kappa shape index (κ3) is 3.62. The van der Waals surface area contributed by atoms with Crippen molar-refractivity contribution in [3.63, 3.8) is 0 Å². The van der Waals surface area contributed by atoms with Gasteiger partial charge in [0.1, 0.15) is 11.8 Å². The van der Waals surface area contributed by atoms with Crippen LogP contribution in [0.15, 0.2) is 33.2 Å². The Hall–Kier alpha value is -1.42. The van der Waals surface area contributed by atoms with E-state index in [1.165, 1.54) is 6.07 Å². The number of aromatic nitrogens is 1. The smallest absolute Gasteiger partial charge is 0.274 e. The summed E-state index contributed by atoms with van der Waals surface area (Å²) >= 11 is 12.6. The first-order valence-corrected chi connectivity index (χ1v) is 7.72. The Morgan fingerprint density at radius 3 is 2.48 bits per heavy atom. The number of rotatable bonds is 2. The number of carbonyl (C=O) groups is 1. The normalized spacial score (nSPS) is 10.0. The van der Waals surface area contributed by atoms with Crippen molar-refractivity contribution in [2.75, 3.05) is 5.32 Å². The molecule has 1 amide bonds. The number of amides is 1. The molecule has 0 atom stereocenters. The second-order valence-electron chi connectivity index (χ2n) is 4.14. The second-order valence-corrected chi connectivity index (χ2v) is 6.28. The summed E-state index contributed by atoms with van der Waals surface area (Å²) in [6, 6.07) is 8.46. The van der Waals surface area contributed by atoms with Crippen molar-refractivity contribution in [1.82, 2.24) is 4.98 Å². The fraction of sp³-hybridized carbons (Fsp3) is 0.0714. The molecule has 4 nitrogen and oxygen atoms in total. The fourth-order valence-electron chi connectivity index (χ4n) is 1.64. The van der Waals surface area contributed by atoms with Crippen molar-refractivity contribution < 1.29 is 4.79 Å². The molecule has 21 heavy (non-hydrogen) atoms. The number of nitrogens with one attached hydrogen (secondary N) is 1. The largest absolute Gasteiger partial charge is 0.319 e. The lowest BCUT2D eigenvalue weighted by Crippen LogP contribution is -2.15. The van der Waals surface area contributed by atoms with Crippen LogP contribution >= 0.6 is 43.5 Å². The van der Waals surface area contributed by atoms with E-state index in [4.69, 9.17) is 16.9 Å². The topological polar surface area (TPSA) is 65.8 Å². The van der Waals surface area contributed by atoms with Gasteiger partial charge in [0, 0.05) is 14.0 Å². The molecule has 1 aromatic heterocycles. The summed E-state index contributed by atoms with van der Waals surface area (Å²) in [5.74, 6) is -0.369. The molecule has 0 radical (unpaired) electrons. The molecule has 0 saturated heterocycles. The van der Waals surface area contributed by atoms with Crippen LogP contribution in [0.3, 0.4) is 0 Å². The predicted octanol–water partition coefficient (Wildman–Crippen LogP) is 4.69. The summed E-state index contributed by atoms with van der Waals surface area (Å²) in [5.41, 5.74) is 1.76. The average Bonchev–Trinajstić information content (AvgIpc) is 2.42. The molecule has 0 spiro atoms. The minimum absolute atomic E-state index is 0.236. The molecule has 7 heteroatoms. The summed E-state index contributed by atoms with van der Waals surface area (Å²) in [4.78, 5) is 16.3. The van der Waals surface area contributed by atoms with E-state index in [0.717, 1.165) is 0 Å². The molecule has 0 aliphatic carbocycles. The molecule has 0 bridgehead atoms. The Morgan fingerprint density at radius 2 is 1.95 bits per heavy atom. The molecule has 2 rings (SSSR count). The maximum Gasteiger partial charge on any atom is 0.274 e. The molecule has 0 saturated carbocycles. The SMILES string of the molecule is Cc1nc(C(=O)Nc2c(Br)cc(Cl)cc2Br)ccc1C#N. The number of halogens is 3. The van der Waals surface area contributed by atoms with Crippen LogP contribution in [-0.4, -0.2) is 10.9 Å². The number of pyridine rings is 1. The lowest BCUT2D eigenvalue weighted by Gasteiger charge is -2.10. The third-order valence-corrected chi connectivity index (χ3v) is 4.15. The van der Waals surface area contributed by atoms with E-state index >= 15 is 0 Å². The first kappa shape index (κ1) is 16.0. The van der Waals surface area contributed by atoms with Gasteiger partial charge in [-0.15, -0.1) is 0 Å². The zero-order valence-electron chi connectivity index (χ0n) is 10.7. The Labute approximate surface area is 143 Å². The van der Waals surface area contributed by atoms with Crippen molar-refractivity contribution in [3.8, 4) is 6.07 Å². The van der Waals surface area contributed by atoms with Gasteiger partial charge in [-0.2, -0.15) is 5.26 Å². The molecular weight excluding hydrogens is 421 g/mol. The van der Waals surface area contributed by atoms with Gasteiger partial charge in [0.15, 0.2) is 0 Å². The lowest BCUT2D eigenvalue weighted by atomic mass is 10.2. The summed E-state index contributed by atoms with van der Waals surface area (Å²) in [6.45, 7) is 1.68. The highest BCUT2D eigenvalue weighted by Crippen LogP contribution is 2.34. The molecule has 1 N–H and O–H groups in total. The van der Waals surface area contributed by atoms with Crippen molar-refractivity contribution in [3.05, 3.63) is 55.2 Å². The van der Waals surface area contributed by atoms with E-state index in [9.17, 15) is 4.79 Å². The number of carbonyl (C=O) groups excluding carboxylic acids is 1. The van der Waals surface area contributed by atoms with Gasteiger partial charge in [-0.1, -0.05) is 11.6 Å². The summed E-state index contributed by atoms with van der Waals surface area (Å²) in [6.07, 6.45) is 0. The molecule has 0 aliphatic rings. The Bertz CT molecular complexity index is 748. The van der Waals surface area contributed by atoms with Gasteiger partial charge in [-0.3, -0.25) is 4.79 Å². The first-order chi connectivity index (χ1) is 9.92. The standard InChI is InChI=1S/C14H8Br2ClN3O/c1-7-8(6-18)2-3-12(19-7)14(21)20-13-10(15)4-9(17)5-11(13)16/h2-5H,1H3,(H,20,21). The second kappa shape index (κ2) is 6.56. The average molecular weight is 429 g/mol. The Kier molecular flexibility index (Phi) is 4.99. The minimum atomic E-state index is -0.369. The molecule has 0 fully saturated rings. The summed E-state index contributed by atoms with van der Waals surface area (Å²) in [7, 11) is 0. The first-order valence-electron chi connectivity index (χ1n) is 5.76. The van der Waals surface area contributed by atoms with Crippen LogP contribution in [0.4, 0.5) is 5.69 Å². The van der Waals surface area contributed by atoms with E-state index in [2.05, 4.69) is 42.2 Å². The number of hydrogen-bond donors (Lipinski definition) is 1. The van der Waals surface area contributed by atoms with Crippen LogP contribution in [-0.2, 0) is 0 Å². The minimum Gasteiger partial charge on any atom is -0.319 e. The zero-order chi connectivity index (χ0) is 15.6. The van der Waals surface area contributed by atoms with Crippen LogP contribution in [0.25, 0.3) is 0 Å². The van der Waals surface area contributed by atoms with Crippen LogP contribution in [0.2, 0.25) is 5.02 Å². The quantitative estimate of drug-likeness (QED) is 0.753. The van der Waals surface area contributed by atoms with Gasteiger partial charge < -0.3 is 5.32 Å². The molecule has 0 aliphatic heterocycles. The fourth-order valence-corrected chi connectivity index (χ4v) is 3.51. The molecule has 2 aromatic rings. The monoisotopic (exact) mass is 427 g/mol. The third-order valence-electron chi connectivity index (χ3n) is 2.68. The molecular formula is C14H8Br2ClN3O. The summed E-state index contributed by atoms with van der Waals surface area (Å²) in [5, 5.41) is 12.2. The van der Waals surface area contributed by atoms with Crippen LogP contribution in [0, 0.1) is 18.3 Å². The molecule has 1 aromatic carbocycles. The highest BCUT2D eigenvalue weighted by Gasteiger charge is 2.14. The van der Waals surface area contributed by atoms with Gasteiger partial charge in [0.05, 0.1) is 16.9 Å². The van der Waals surface area contributed by atoms with E-state index in [0.29, 0.717) is 30.9 Å². The Balaban J connectivity index is 2.31. The van der Waals surface area contributed by atoms with Gasteiger partial charge in [0.25, 0.3) is 5.91 Å². The zero-order valence-corrected chi connectivity index (χ0v) is 14.7. The molecule has 1 heterocycles. The van der Waals surface area contributed by atoms with Gasteiger partial charge in [0.2, 0.25) is 0 Å². The highest BCUT2D eigenvalue weighted by atomic mass is 79.9. The van der Waals surface area contributed by atoms with E-state index in [-0.39, 0.29) is 11.6 Å². The van der Waals surface area contributed by atoms with E-state index < -0.39 is 0 Å². The number of nitrogens with zero attached hydrogens (tertiary/aromatic N) is 2. The van der Waals surface area contributed by atoms with Crippen molar-refractivity contribution in [2.45, 2.75) is 6.92 Å². The van der Waals surface area contributed by atoms with Crippen molar-refractivity contribution in [1.29, 1.82) is 5.26 Å². The van der Waals surface area contributed by atoms with Gasteiger partial charge in [-0.05, 0) is 63.0 Å². The van der Waals surface area contributed by atoms with Crippen molar-refractivity contribution >= 4 is 55.1 Å². The summed E-state index contributed by atoms with van der Waals surface area (Å²) < 4.78 is 1.31. The number of aryl methyl sites for hydroxylation is 1. The van der Waals surface area contributed by atoms with Crippen LogP contribution < -0.4 is 5.32 Å². The molecule has 106 valence electrons. The van der Waals surface area contributed by atoms with Gasteiger partial charge in [-0.25, -0.2) is 4.98 Å². The van der Waals surface area contributed by atoms with Gasteiger partial charge >= 0.3 is 0 Å². The highest BCUT2D eigenvalue weighted by molar-refractivity contribution is 9.11. The van der Waals surface area contributed by atoms with Crippen LogP contribution in [0.5, 0.6) is 0 Å². The number of benzene rings is 1. The maximum atomic E-state index is 12.2. The van der Waals surface area contributed by atoms with E-state index in [1.807, 2.05) is 6.07 Å². The van der Waals surface area contributed by atoms with Crippen molar-refractivity contribution in [2.24, 2.45) is 0 Å². The number of hydrogen-bond acceptors (Lipinski definition) is 3. The number of anilines is 1. The predicted molar refractivity (Wildman–Crippen MR) is 88.5 cm³/mol. The Morgan fingerprint density at radius 1 is 1.33 bits per heavy atom. The van der Waals surface area contributed by atoms with E-state index in [1.54, 1.807) is 25.1 Å². The van der Waals surface area contributed by atoms with Crippen LogP contribution in [0.1, 0.15) is 21.7 Å². The molecule has 0 unspecified atom stereocenters.